The summed E-state index contributed by atoms with van der Waals surface area (Å²) in [7, 11) is 0. The molecule has 1 aromatic heterocycles. The summed E-state index contributed by atoms with van der Waals surface area (Å²) in [5, 5.41) is 17.0. The zero-order chi connectivity index (χ0) is 10.1. The summed E-state index contributed by atoms with van der Waals surface area (Å²) in [6.45, 7) is 0. The molecule has 1 aromatic carbocycles. The molecule has 1 heterocycles. The average molecular weight is 189 g/mol. The molecule has 0 fully saturated rings. The Morgan fingerprint density at radius 1 is 1.36 bits per heavy atom. The Balaban J connectivity index is 3.03. The van der Waals surface area contributed by atoms with Crippen LogP contribution in [0.3, 0.4) is 0 Å². The molecule has 0 saturated heterocycles. The van der Waals surface area contributed by atoms with E-state index in [1.54, 1.807) is 24.3 Å². The first kappa shape index (κ1) is 8.50. The summed E-state index contributed by atoms with van der Waals surface area (Å²) in [5.41, 5.74) is -0.257. The van der Waals surface area contributed by atoms with E-state index >= 15 is 0 Å². The Morgan fingerprint density at radius 3 is 2.79 bits per heavy atom. The van der Waals surface area contributed by atoms with Gasteiger partial charge in [-0.15, -0.1) is 0 Å². The molecule has 4 nitrogen and oxygen atoms in total. The van der Waals surface area contributed by atoms with Gasteiger partial charge in [-0.2, -0.15) is 0 Å². The summed E-state index contributed by atoms with van der Waals surface area (Å²) in [6.07, 6.45) is 0.939. The summed E-state index contributed by atoms with van der Waals surface area (Å²) in [4.78, 5) is 11.1. The van der Waals surface area contributed by atoms with Crippen molar-refractivity contribution in [1.29, 1.82) is 5.41 Å². The standard InChI is InChI=1S/C10H7NO3/c11-5-7-6-3-1-2-4-8(6)14-10(13)9(7)12/h1-5,11-12H. The highest BCUT2D eigenvalue weighted by Gasteiger charge is 2.10. The monoisotopic (exact) mass is 189 g/mol. The van der Waals surface area contributed by atoms with Gasteiger partial charge in [0.25, 0.3) is 0 Å². The second-order valence-electron chi connectivity index (χ2n) is 2.79. The molecule has 0 saturated carbocycles. The molecule has 0 spiro atoms. The van der Waals surface area contributed by atoms with E-state index in [1.165, 1.54) is 0 Å². The van der Waals surface area contributed by atoms with Crippen LogP contribution in [0.25, 0.3) is 11.0 Å². The lowest BCUT2D eigenvalue weighted by molar-refractivity contribution is 0.427. The summed E-state index contributed by atoms with van der Waals surface area (Å²) >= 11 is 0. The first-order valence-corrected chi connectivity index (χ1v) is 3.99. The van der Waals surface area contributed by atoms with Gasteiger partial charge in [0.1, 0.15) is 5.58 Å². The molecule has 4 heteroatoms. The number of benzene rings is 1. The SMILES string of the molecule is N=Cc1c(O)c(=O)oc2ccccc12. The molecule has 0 radical (unpaired) electrons. The van der Waals surface area contributed by atoms with Crippen molar-refractivity contribution in [1.82, 2.24) is 0 Å². The van der Waals surface area contributed by atoms with Crippen LogP contribution in [0.4, 0.5) is 0 Å². The van der Waals surface area contributed by atoms with Crippen molar-refractivity contribution < 1.29 is 9.52 Å². The molecule has 2 N–H and O–H groups in total. The third kappa shape index (κ3) is 1.08. The van der Waals surface area contributed by atoms with Gasteiger partial charge in [-0.05, 0) is 6.07 Å². The van der Waals surface area contributed by atoms with Gasteiger partial charge in [0.05, 0.1) is 5.56 Å². The number of hydrogen-bond donors (Lipinski definition) is 2. The molecular weight excluding hydrogens is 182 g/mol. The van der Waals surface area contributed by atoms with E-state index in [0.717, 1.165) is 6.21 Å². The Labute approximate surface area is 78.9 Å². The van der Waals surface area contributed by atoms with Gasteiger partial charge in [0.15, 0.2) is 0 Å². The number of rotatable bonds is 1. The van der Waals surface area contributed by atoms with Crippen LogP contribution >= 0.6 is 0 Å². The second kappa shape index (κ2) is 2.99. The topological polar surface area (TPSA) is 74.3 Å². The van der Waals surface area contributed by atoms with E-state index in [-0.39, 0.29) is 5.56 Å². The summed E-state index contributed by atoms with van der Waals surface area (Å²) in [5.74, 6) is -0.515. The first-order chi connectivity index (χ1) is 6.74. The zero-order valence-corrected chi connectivity index (χ0v) is 7.15. The van der Waals surface area contributed by atoms with Gasteiger partial charge >= 0.3 is 5.63 Å². The minimum atomic E-state index is -0.817. The van der Waals surface area contributed by atoms with E-state index in [2.05, 4.69) is 0 Å². The zero-order valence-electron chi connectivity index (χ0n) is 7.15. The Bertz CT molecular complexity index is 557. The van der Waals surface area contributed by atoms with Crippen molar-refractivity contribution in [3.8, 4) is 5.75 Å². The molecule has 0 bridgehead atoms. The smallest absolute Gasteiger partial charge is 0.379 e. The van der Waals surface area contributed by atoms with E-state index in [1.807, 2.05) is 0 Å². The van der Waals surface area contributed by atoms with Gasteiger partial charge in [-0.3, -0.25) is 0 Å². The summed E-state index contributed by atoms with van der Waals surface area (Å²) in [6, 6.07) is 6.76. The van der Waals surface area contributed by atoms with Crippen LogP contribution in [0.1, 0.15) is 5.56 Å². The Hall–Kier alpha value is -2.10. The fraction of sp³-hybridized carbons (Fsp3) is 0. The molecule has 0 amide bonds. The largest absolute Gasteiger partial charge is 0.501 e. The maximum Gasteiger partial charge on any atom is 0.379 e. The maximum absolute atomic E-state index is 11.1. The molecule has 0 aliphatic rings. The van der Waals surface area contributed by atoms with Gasteiger partial charge in [-0.25, -0.2) is 4.79 Å². The van der Waals surface area contributed by atoms with E-state index in [0.29, 0.717) is 11.0 Å². The quantitative estimate of drug-likeness (QED) is 0.527. The van der Waals surface area contributed by atoms with E-state index in [9.17, 15) is 9.90 Å². The highest BCUT2D eigenvalue weighted by molar-refractivity contribution is 5.98. The Morgan fingerprint density at radius 2 is 2.07 bits per heavy atom. The third-order valence-electron chi connectivity index (χ3n) is 1.97. The molecule has 2 aromatic rings. The normalized spacial score (nSPS) is 10.3. The molecule has 0 aliphatic carbocycles. The average Bonchev–Trinajstić information content (AvgIpc) is 2.20. The number of aromatic hydroxyl groups is 1. The van der Waals surface area contributed by atoms with Crippen molar-refractivity contribution in [2.24, 2.45) is 0 Å². The van der Waals surface area contributed by atoms with Crippen molar-refractivity contribution in [2.45, 2.75) is 0 Å². The van der Waals surface area contributed by atoms with Crippen molar-refractivity contribution in [2.75, 3.05) is 0 Å². The van der Waals surface area contributed by atoms with Crippen molar-refractivity contribution >= 4 is 17.2 Å². The van der Waals surface area contributed by atoms with Gasteiger partial charge in [-0.1, -0.05) is 18.2 Å². The van der Waals surface area contributed by atoms with Crippen molar-refractivity contribution in [3.05, 3.63) is 40.2 Å². The van der Waals surface area contributed by atoms with Gasteiger partial charge < -0.3 is 14.9 Å². The van der Waals surface area contributed by atoms with Crippen LogP contribution in [0, 0.1) is 5.41 Å². The predicted octanol–water partition coefficient (Wildman–Crippen LogP) is 1.50. The number of hydrogen-bond acceptors (Lipinski definition) is 4. The van der Waals surface area contributed by atoms with Crippen LogP contribution in [0.15, 0.2) is 33.5 Å². The van der Waals surface area contributed by atoms with Crippen LogP contribution in [-0.2, 0) is 0 Å². The Kier molecular flexibility index (Phi) is 1.81. The molecular formula is C10H7NO3. The minimum absolute atomic E-state index is 0.192. The maximum atomic E-state index is 11.1. The van der Waals surface area contributed by atoms with Crippen LogP contribution in [-0.4, -0.2) is 11.3 Å². The van der Waals surface area contributed by atoms with E-state index < -0.39 is 11.4 Å². The highest BCUT2D eigenvalue weighted by Crippen LogP contribution is 2.21. The lowest BCUT2D eigenvalue weighted by atomic mass is 10.1. The number of para-hydroxylation sites is 1. The fourth-order valence-corrected chi connectivity index (χ4v) is 1.31. The fourth-order valence-electron chi connectivity index (χ4n) is 1.31. The first-order valence-electron chi connectivity index (χ1n) is 3.99. The molecule has 70 valence electrons. The number of nitrogens with one attached hydrogen (secondary N) is 1. The van der Waals surface area contributed by atoms with Crippen LogP contribution < -0.4 is 5.63 Å². The summed E-state index contributed by atoms with van der Waals surface area (Å²) < 4.78 is 4.83. The second-order valence-corrected chi connectivity index (χ2v) is 2.79. The van der Waals surface area contributed by atoms with Gasteiger partial charge in [0, 0.05) is 11.6 Å². The lowest BCUT2D eigenvalue weighted by Gasteiger charge is -2.01. The molecule has 0 unspecified atom stereocenters. The highest BCUT2D eigenvalue weighted by atomic mass is 16.4. The predicted molar refractivity (Wildman–Crippen MR) is 52.0 cm³/mol. The minimum Gasteiger partial charge on any atom is -0.501 e. The molecule has 0 atom stereocenters. The van der Waals surface area contributed by atoms with Gasteiger partial charge in [0.2, 0.25) is 5.75 Å². The van der Waals surface area contributed by atoms with E-state index in [4.69, 9.17) is 9.83 Å². The third-order valence-corrected chi connectivity index (χ3v) is 1.97. The van der Waals surface area contributed by atoms with Crippen LogP contribution in [0.2, 0.25) is 0 Å². The molecule has 14 heavy (non-hydrogen) atoms. The molecule has 2 rings (SSSR count). The number of fused-ring (bicyclic) bond motifs is 1. The van der Waals surface area contributed by atoms with Crippen molar-refractivity contribution in [3.63, 3.8) is 0 Å². The van der Waals surface area contributed by atoms with Crippen LogP contribution in [0.5, 0.6) is 5.75 Å². The lowest BCUT2D eigenvalue weighted by Crippen LogP contribution is -2.02. The molecule has 0 aliphatic heterocycles.